The topological polar surface area (TPSA) is 106 Å². The van der Waals surface area contributed by atoms with E-state index in [0.717, 1.165) is 16.0 Å². The van der Waals surface area contributed by atoms with Crippen molar-refractivity contribution >= 4 is 44.0 Å². The van der Waals surface area contributed by atoms with Crippen molar-refractivity contribution in [2.45, 2.75) is 18.2 Å². The number of primary amides is 1. The molecule has 0 spiro atoms. The van der Waals surface area contributed by atoms with Crippen molar-refractivity contribution in [3.05, 3.63) is 71.2 Å². The molecule has 0 fully saturated rings. The van der Waals surface area contributed by atoms with E-state index in [9.17, 15) is 13.2 Å². The van der Waals surface area contributed by atoms with Crippen LogP contribution in [0, 0.1) is 0 Å². The van der Waals surface area contributed by atoms with Crippen molar-refractivity contribution < 1.29 is 13.2 Å². The van der Waals surface area contributed by atoms with Gasteiger partial charge in [0.1, 0.15) is 0 Å². The van der Waals surface area contributed by atoms with Crippen LogP contribution in [0.1, 0.15) is 18.9 Å². The van der Waals surface area contributed by atoms with Gasteiger partial charge in [-0.1, -0.05) is 36.5 Å². The highest BCUT2D eigenvalue weighted by atomic mass is 32.2. The Bertz CT molecular complexity index is 1070. The van der Waals surface area contributed by atoms with Crippen LogP contribution >= 0.6 is 11.8 Å². The van der Waals surface area contributed by atoms with Gasteiger partial charge in [-0.05, 0) is 47.7 Å². The highest BCUT2D eigenvalue weighted by Gasteiger charge is 2.32. The molecule has 1 amide bonds. The number of nitrogens with two attached hydrogens (primary N) is 2. The molecule has 0 aliphatic carbocycles. The molecule has 6 nitrogen and oxygen atoms in total. The number of carbonyl (C=O) groups is 1. The van der Waals surface area contributed by atoms with Gasteiger partial charge >= 0.3 is 0 Å². The van der Waals surface area contributed by atoms with E-state index in [1.54, 1.807) is 24.3 Å². The van der Waals surface area contributed by atoms with Crippen LogP contribution in [0.4, 0.5) is 11.4 Å². The molecule has 0 atom stereocenters. The minimum Gasteiger partial charge on any atom is -0.399 e. The summed E-state index contributed by atoms with van der Waals surface area (Å²) in [7, 11) is -3.76. The molecule has 0 unspecified atom stereocenters. The molecule has 3 rings (SSSR count). The van der Waals surface area contributed by atoms with Gasteiger partial charge in [-0.25, -0.2) is 8.42 Å². The lowest BCUT2D eigenvalue weighted by Crippen LogP contribution is -2.35. The summed E-state index contributed by atoms with van der Waals surface area (Å²) >= 11 is 1.36. The van der Waals surface area contributed by atoms with Crippen LogP contribution < -0.4 is 15.8 Å². The zero-order chi connectivity index (χ0) is 20.5. The van der Waals surface area contributed by atoms with Crippen molar-refractivity contribution in [2.75, 3.05) is 16.6 Å². The lowest BCUT2D eigenvalue weighted by Gasteiger charge is -2.32. The van der Waals surface area contributed by atoms with Gasteiger partial charge in [0, 0.05) is 16.2 Å². The number of amides is 1. The molecule has 146 valence electrons. The predicted molar refractivity (Wildman–Crippen MR) is 115 cm³/mol. The van der Waals surface area contributed by atoms with Gasteiger partial charge < -0.3 is 11.5 Å². The number of rotatable bonds is 6. The Morgan fingerprint density at radius 2 is 1.82 bits per heavy atom. The number of nitrogens with zero attached hydrogens (tertiary/aromatic N) is 1. The fourth-order valence-corrected chi connectivity index (χ4v) is 5.52. The molecule has 0 aromatic heterocycles. The van der Waals surface area contributed by atoms with Crippen molar-refractivity contribution in [1.29, 1.82) is 0 Å². The SMILES string of the molecule is C=C(CC(N)=O)SC1=C(C)CN(S(=O)(=O)c2ccc(N)cc2)c2ccccc21. The second kappa shape index (κ2) is 7.73. The molecule has 2 aromatic carbocycles. The van der Waals surface area contributed by atoms with Gasteiger partial charge in [0.05, 0.1) is 23.5 Å². The van der Waals surface area contributed by atoms with Crippen LogP contribution in [0.25, 0.3) is 4.91 Å². The third-order valence-corrected chi connectivity index (χ3v) is 7.25. The first-order valence-electron chi connectivity index (χ1n) is 8.51. The zero-order valence-corrected chi connectivity index (χ0v) is 17.0. The summed E-state index contributed by atoms with van der Waals surface area (Å²) in [6.45, 7) is 5.98. The maximum absolute atomic E-state index is 13.3. The van der Waals surface area contributed by atoms with Crippen molar-refractivity contribution in [1.82, 2.24) is 0 Å². The van der Waals surface area contributed by atoms with Crippen LogP contribution in [-0.4, -0.2) is 20.9 Å². The number of carbonyl (C=O) groups excluding carboxylic acids is 1. The Morgan fingerprint density at radius 3 is 2.46 bits per heavy atom. The minimum absolute atomic E-state index is 0.0665. The van der Waals surface area contributed by atoms with Crippen molar-refractivity contribution in [2.24, 2.45) is 5.73 Å². The largest absolute Gasteiger partial charge is 0.399 e. The maximum Gasteiger partial charge on any atom is 0.264 e. The fourth-order valence-electron chi connectivity index (χ4n) is 2.98. The van der Waals surface area contributed by atoms with Crippen LogP contribution in [0.15, 0.2) is 70.5 Å². The summed E-state index contributed by atoms with van der Waals surface area (Å²) in [6, 6.07) is 13.4. The summed E-state index contributed by atoms with van der Waals surface area (Å²) < 4.78 is 27.9. The maximum atomic E-state index is 13.3. The number of nitrogen functional groups attached to an aromatic ring is 1. The van der Waals surface area contributed by atoms with Crippen LogP contribution in [-0.2, 0) is 14.8 Å². The van der Waals surface area contributed by atoms with Crippen LogP contribution in [0.5, 0.6) is 0 Å². The lowest BCUT2D eigenvalue weighted by molar-refractivity contribution is -0.117. The molecule has 1 aliphatic heterocycles. The number of sulfonamides is 1. The third kappa shape index (κ3) is 3.93. The monoisotopic (exact) mass is 415 g/mol. The Balaban J connectivity index is 2.03. The van der Waals surface area contributed by atoms with Crippen LogP contribution in [0.3, 0.4) is 0 Å². The first-order valence-corrected chi connectivity index (χ1v) is 10.8. The Kier molecular flexibility index (Phi) is 5.53. The first kappa shape index (κ1) is 20.0. The molecule has 8 heteroatoms. The molecular formula is C20H21N3O3S2. The number of fused-ring (bicyclic) bond motifs is 1. The molecule has 0 radical (unpaired) electrons. The Hall–Kier alpha value is -2.71. The number of hydrogen-bond donors (Lipinski definition) is 2. The van der Waals surface area contributed by atoms with Crippen LogP contribution in [0.2, 0.25) is 0 Å². The molecule has 4 N–H and O–H groups in total. The number of hydrogen-bond acceptors (Lipinski definition) is 5. The Labute approximate surface area is 169 Å². The van der Waals surface area contributed by atoms with Gasteiger partial charge in [-0.2, -0.15) is 0 Å². The van der Waals surface area contributed by atoms with E-state index in [0.29, 0.717) is 16.3 Å². The second-order valence-corrected chi connectivity index (χ2v) is 9.54. The highest BCUT2D eigenvalue weighted by molar-refractivity contribution is 8.11. The first-order chi connectivity index (χ1) is 13.2. The van der Waals surface area contributed by atoms with E-state index in [4.69, 9.17) is 11.5 Å². The summed E-state index contributed by atoms with van der Waals surface area (Å²) in [5, 5.41) is 0. The summed E-state index contributed by atoms with van der Waals surface area (Å²) in [5.74, 6) is -0.451. The number of para-hydroxylation sites is 1. The standard InChI is InChI=1S/C20H21N3O3S2/c1-13-12-23(28(25,26)16-9-7-15(21)8-10-16)18-6-4-3-5-17(18)20(13)27-14(2)11-19(22)24/h3-10H,2,11-12,21H2,1H3,(H2,22,24). The van der Waals surface area contributed by atoms with E-state index in [1.807, 2.05) is 19.1 Å². The van der Waals surface area contributed by atoms with E-state index in [2.05, 4.69) is 6.58 Å². The van der Waals surface area contributed by atoms with Gasteiger partial charge in [0.15, 0.2) is 0 Å². The molecule has 28 heavy (non-hydrogen) atoms. The van der Waals surface area contributed by atoms with Gasteiger partial charge in [-0.15, -0.1) is 0 Å². The highest BCUT2D eigenvalue weighted by Crippen LogP contribution is 2.45. The van der Waals surface area contributed by atoms with E-state index in [1.165, 1.54) is 28.2 Å². The molecule has 2 aromatic rings. The van der Waals surface area contributed by atoms with Gasteiger partial charge in [-0.3, -0.25) is 9.10 Å². The van der Waals surface area contributed by atoms with Crippen molar-refractivity contribution in [3.63, 3.8) is 0 Å². The number of benzene rings is 2. The fraction of sp³-hybridized carbons (Fsp3) is 0.150. The zero-order valence-electron chi connectivity index (χ0n) is 15.4. The summed E-state index contributed by atoms with van der Waals surface area (Å²) in [4.78, 5) is 12.9. The average Bonchev–Trinajstić information content (AvgIpc) is 2.63. The molecule has 0 bridgehead atoms. The molecule has 1 aliphatic rings. The Morgan fingerprint density at radius 1 is 1.18 bits per heavy atom. The quantitative estimate of drug-likeness (QED) is 0.704. The third-order valence-electron chi connectivity index (χ3n) is 4.27. The minimum atomic E-state index is -3.76. The van der Waals surface area contributed by atoms with Gasteiger partial charge in [0.2, 0.25) is 5.91 Å². The van der Waals surface area contributed by atoms with E-state index >= 15 is 0 Å². The summed E-state index contributed by atoms with van der Waals surface area (Å²) in [6.07, 6.45) is 0.0665. The molecular weight excluding hydrogens is 394 g/mol. The summed E-state index contributed by atoms with van der Waals surface area (Å²) in [5.41, 5.74) is 13.7. The van der Waals surface area contributed by atoms with Gasteiger partial charge in [0.25, 0.3) is 10.0 Å². The average molecular weight is 416 g/mol. The lowest BCUT2D eigenvalue weighted by atomic mass is 10.1. The number of thioether (sulfide) groups is 1. The smallest absolute Gasteiger partial charge is 0.264 e. The number of anilines is 2. The molecule has 0 saturated heterocycles. The molecule has 1 heterocycles. The van der Waals surface area contributed by atoms with E-state index in [-0.39, 0.29) is 17.9 Å². The molecule has 0 saturated carbocycles. The van der Waals surface area contributed by atoms with E-state index < -0.39 is 15.9 Å². The van der Waals surface area contributed by atoms with Crippen molar-refractivity contribution in [3.8, 4) is 0 Å². The normalized spacial score (nSPS) is 14.0. The second-order valence-electron chi connectivity index (χ2n) is 6.49. The predicted octanol–water partition coefficient (Wildman–Crippen LogP) is 3.33.